The Bertz CT molecular complexity index is 533. The van der Waals surface area contributed by atoms with Gasteiger partial charge in [0.1, 0.15) is 6.07 Å². The van der Waals surface area contributed by atoms with Crippen LogP contribution in [0.25, 0.3) is 0 Å². The van der Waals surface area contributed by atoms with E-state index in [0.29, 0.717) is 12.8 Å². The summed E-state index contributed by atoms with van der Waals surface area (Å²) < 4.78 is 4.99. The second kappa shape index (κ2) is 8.18. The summed E-state index contributed by atoms with van der Waals surface area (Å²) in [7, 11) is 0. The minimum Gasteiger partial charge on any atom is -0.423 e. The Kier molecular flexibility index (Phi) is 5.96. The second-order valence-electron chi connectivity index (χ2n) is 5.47. The van der Waals surface area contributed by atoms with Gasteiger partial charge in [0.2, 0.25) is 6.10 Å². The number of nitrogens with zero attached hydrogens (tertiary/aromatic N) is 2. The zero-order valence-corrected chi connectivity index (χ0v) is 12.5. The van der Waals surface area contributed by atoms with Crippen molar-refractivity contribution in [3.05, 3.63) is 35.9 Å². The van der Waals surface area contributed by atoms with E-state index in [2.05, 4.69) is 0 Å². The summed E-state index contributed by atoms with van der Waals surface area (Å²) in [6, 6.07) is 11.4. The molecule has 5 heteroatoms. The summed E-state index contributed by atoms with van der Waals surface area (Å²) in [5, 5.41) is 8.78. The molecular formula is C17H20N2O3. The maximum atomic E-state index is 12.4. The van der Waals surface area contributed by atoms with E-state index in [0.717, 1.165) is 31.2 Å². The van der Waals surface area contributed by atoms with Gasteiger partial charge in [0.15, 0.2) is 6.29 Å². The molecular weight excluding hydrogens is 280 g/mol. The van der Waals surface area contributed by atoms with Crippen LogP contribution in [0.1, 0.15) is 37.7 Å². The molecule has 2 rings (SSSR count). The fourth-order valence-electron chi connectivity index (χ4n) is 2.78. The number of hydrogen-bond acceptors (Lipinski definition) is 4. The van der Waals surface area contributed by atoms with Crippen molar-refractivity contribution in [2.24, 2.45) is 0 Å². The van der Waals surface area contributed by atoms with Crippen LogP contribution in [0.3, 0.4) is 0 Å². The molecule has 1 amide bonds. The SMILES string of the molecule is N#C[C@H](C=O)OC(=O)N(Cc1ccccc1)C1CCCCC1. The smallest absolute Gasteiger partial charge is 0.412 e. The molecule has 0 unspecified atom stereocenters. The number of nitriles is 1. The highest BCUT2D eigenvalue weighted by atomic mass is 16.6. The van der Waals surface area contributed by atoms with Crippen LogP contribution in [0.15, 0.2) is 30.3 Å². The van der Waals surface area contributed by atoms with E-state index in [1.807, 2.05) is 30.3 Å². The number of benzene rings is 1. The third kappa shape index (κ3) is 4.32. The zero-order valence-electron chi connectivity index (χ0n) is 12.5. The van der Waals surface area contributed by atoms with Crippen molar-refractivity contribution in [1.82, 2.24) is 4.90 Å². The normalized spacial score (nSPS) is 16.3. The Morgan fingerprint density at radius 2 is 2.00 bits per heavy atom. The van der Waals surface area contributed by atoms with E-state index < -0.39 is 12.2 Å². The summed E-state index contributed by atoms with van der Waals surface area (Å²) in [5.41, 5.74) is 1.00. The summed E-state index contributed by atoms with van der Waals surface area (Å²) >= 11 is 0. The number of carbonyl (C=O) groups is 2. The van der Waals surface area contributed by atoms with Crippen LogP contribution >= 0.6 is 0 Å². The molecule has 0 radical (unpaired) electrons. The quantitative estimate of drug-likeness (QED) is 0.784. The van der Waals surface area contributed by atoms with Crippen LogP contribution in [0.4, 0.5) is 4.79 Å². The van der Waals surface area contributed by atoms with Crippen LogP contribution in [-0.2, 0) is 16.1 Å². The van der Waals surface area contributed by atoms with Crippen molar-refractivity contribution in [3.8, 4) is 6.07 Å². The van der Waals surface area contributed by atoms with Crippen LogP contribution in [0, 0.1) is 11.3 Å². The van der Waals surface area contributed by atoms with E-state index >= 15 is 0 Å². The topological polar surface area (TPSA) is 70.4 Å². The number of ether oxygens (including phenoxy) is 1. The van der Waals surface area contributed by atoms with Crippen molar-refractivity contribution in [1.29, 1.82) is 5.26 Å². The zero-order chi connectivity index (χ0) is 15.8. The number of aldehydes is 1. The van der Waals surface area contributed by atoms with E-state index in [9.17, 15) is 9.59 Å². The number of hydrogen-bond donors (Lipinski definition) is 0. The largest absolute Gasteiger partial charge is 0.423 e. The Hall–Kier alpha value is -2.35. The lowest BCUT2D eigenvalue weighted by atomic mass is 9.94. The van der Waals surface area contributed by atoms with E-state index in [1.165, 1.54) is 6.42 Å². The molecule has 0 bridgehead atoms. The van der Waals surface area contributed by atoms with E-state index in [1.54, 1.807) is 11.0 Å². The standard InChI is InChI=1S/C17H20N2O3/c18-11-16(13-20)22-17(21)19(15-9-5-2-6-10-15)12-14-7-3-1-4-8-14/h1,3-4,7-8,13,15-16H,2,5-6,9-10,12H2/t16-/m1/s1. The summed E-state index contributed by atoms with van der Waals surface area (Å²) in [4.78, 5) is 24.7. The van der Waals surface area contributed by atoms with Crippen LogP contribution in [-0.4, -0.2) is 29.4 Å². The molecule has 0 saturated heterocycles. The first-order valence-electron chi connectivity index (χ1n) is 7.60. The van der Waals surface area contributed by atoms with Gasteiger partial charge in [-0.1, -0.05) is 49.6 Å². The van der Waals surface area contributed by atoms with Gasteiger partial charge in [-0.3, -0.25) is 4.79 Å². The molecule has 1 aromatic rings. The summed E-state index contributed by atoms with van der Waals surface area (Å²) in [6.45, 7) is 0.432. The highest BCUT2D eigenvalue weighted by Gasteiger charge is 2.28. The highest BCUT2D eigenvalue weighted by molar-refractivity contribution is 5.73. The van der Waals surface area contributed by atoms with Crippen LogP contribution in [0.5, 0.6) is 0 Å². The van der Waals surface area contributed by atoms with Crippen molar-refractivity contribution < 1.29 is 14.3 Å². The minimum absolute atomic E-state index is 0.104. The molecule has 0 heterocycles. The number of amides is 1. The van der Waals surface area contributed by atoms with Crippen molar-refractivity contribution in [2.45, 2.75) is 50.8 Å². The van der Waals surface area contributed by atoms with Gasteiger partial charge in [-0.2, -0.15) is 5.26 Å². The molecule has 0 aliphatic heterocycles. The maximum Gasteiger partial charge on any atom is 0.412 e. The fourth-order valence-corrected chi connectivity index (χ4v) is 2.78. The average molecular weight is 300 g/mol. The van der Waals surface area contributed by atoms with Crippen molar-refractivity contribution >= 4 is 12.4 Å². The van der Waals surface area contributed by atoms with Crippen LogP contribution < -0.4 is 0 Å². The molecule has 0 aromatic heterocycles. The molecule has 1 atom stereocenters. The third-order valence-corrected chi connectivity index (χ3v) is 3.92. The van der Waals surface area contributed by atoms with Crippen molar-refractivity contribution in [3.63, 3.8) is 0 Å². The Morgan fingerprint density at radius 1 is 1.32 bits per heavy atom. The lowest BCUT2D eigenvalue weighted by molar-refractivity contribution is -0.113. The first kappa shape index (κ1) is 16.0. The lowest BCUT2D eigenvalue weighted by Crippen LogP contribution is -2.42. The lowest BCUT2D eigenvalue weighted by Gasteiger charge is -2.33. The maximum absolute atomic E-state index is 12.4. The molecule has 22 heavy (non-hydrogen) atoms. The Balaban J connectivity index is 2.11. The first-order valence-corrected chi connectivity index (χ1v) is 7.60. The fraction of sp³-hybridized carbons (Fsp3) is 0.471. The summed E-state index contributed by atoms with van der Waals surface area (Å²) in [5.74, 6) is 0. The predicted molar refractivity (Wildman–Crippen MR) is 80.8 cm³/mol. The average Bonchev–Trinajstić information content (AvgIpc) is 2.59. The predicted octanol–water partition coefficient (Wildman–Crippen LogP) is 3.05. The molecule has 1 aliphatic carbocycles. The van der Waals surface area contributed by atoms with Crippen LogP contribution in [0.2, 0.25) is 0 Å². The molecule has 1 aliphatic rings. The highest BCUT2D eigenvalue weighted by Crippen LogP contribution is 2.25. The van der Waals surface area contributed by atoms with Gasteiger partial charge in [0.05, 0.1) is 0 Å². The van der Waals surface area contributed by atoms with Gasteiger partial charge in [-0.15, -0.1) is 0 Å². The molecule has 116 valence electrons. The van der Waals surface area contributed by atoms with Crippen molar-refractivity contribution in [2.75, 3.05) is 0 Å². The number of rotatable bonds is 5. The van der Waals surface area contributed by atoms with Gasteiger partial charge in [0, 0.05) is 12.6 Å². The minimum atomic E-state index is -1.34. The Morgan fingerprint density at radius 3 is 2.59 bits per heavy atom. The van der Waals surface area contributed by atoms with Gasteiger partial charge >= 0.3 is 6.09 Å². The van der Waals surface area contributed by atoms with E-state index in [-0.39, 0.29) is 6.04 Å². The van der Waals surface area contributed by atoms with Gasteiger partial charge in [0.25, 0.3) is 0 Å². The van der Waals surface area contributed by atoms with Gasteiger partial charge in [-0.05, 0) is 18.4 Å². The molecule has 0 spiro atoms. The molecule has 0 N–H and O–H groups in total. The van der Waals surface area contributed by atoms with E-state index in [4.69, 9.17) is 10.00 Å². The molecule has 1 fully saturated rings. The molecule has 5 nitrogen and oxygen atoms in total. The van der Waals surface area contributed by atoms with Gasteiger partial charge < -0.3 is 9.64 Å². The first-order chi connectivity index (χ1) is 10.7. The molecule has 1 aromatic carbocycles. The second-order valence-corrected chi connectivity index (χ2v) is 5.47. The summed E-state index contributed by atoms with van der Waals surface area (Å²) in [6.07, 6.45) is 3.63. The third-order valence-electron chi connectivity index (χ3n) is 3.92. The van der Waals surface area contributed by atoms with Gasteiger partial charge in [-0.25, -0.2) is 4.79 Å². The monoisotopic (exact) mass is 300 g/mol. The number of carbonyl (C=O) groups excluding carboxylic acids is 2. The Labute approximate surface area is 130 Å². The molecule has 1 saturated carbocycles.